The summed E-state index contributed by atoms with van der Waals surface area (Å²) in [5, 5.41) is 5.79. The minimum Gasteiger partial charge on any atom is -0.305 e. The van der Waals surface area contributed by atoms with Gasteiger partial charge in [-0.3, -0.25) is 0 Å². The van der Waals surface area contributed by atoms with Gasteiger partial charge in [-0.05, 0) is 26.3 Å². The Balaban J connectivity index is 2.45. The molecule has 0 bridgehead atoms. The molecule has 0 aliphatic carbocycles. The van der Waals surface area contributed by atoms with Crippen LogP contribution in [0.1, 0.15) is 19.3 Å². The molecule has 78 valence electrons. The van der Waals surface area contributed by atoms with E-state index >= 15 is 0 Å². The van der Waals surface area contributed by atoms with Crippen molar-refractivity contribution in [1.29, 1.82) is 0 Å². The van der Waals surface area contributed by atoms with Gasteiger partial charge in [-0.2, -0.15) is 13.2 Å². The summed E-state index contributed by atoms with van der Waals surface area (Å²) in [6, 6.07) is 0. The third kappa shape index (κ3) is 3.15. The molecule has 1 rings (SSSR count). The van der Waals surface area contributed by atoms with Crippen LogP contribution in [0, 0.1) is 5.92 Å². The first-order valence-electron chi connectivity index (χ1n) is 4.51. The minimum absolute atomic E-state index is 0.0346. The number of nitrogens with one attached hydrogen (secondary N) is 2. The minimum atomic E-state index is -4.05. The molecule has 2 N–H and O–H groups in total. The molecule has 0 aromatic rings. The Hall–Kier alpha value is -0.290. The standard InChI is InChI=1S/C8H15F3N2/c1-12-7-4-2-3-6(5-13-7)8(9,10)11/h6-7,12-13H,2-5H2,1H3. The van der Waals surface area contributed by atoms with Crippen LogP contribution < -0.4 is 10.6 Å². The van der Waals surface area contributed by atoms with Gasteiger partial charge in [-0.15, -0.1) is 0 Å². The second-order valence-corrected chi connectivity index (χ2v) is 3.42. The van der Waals surface area contributed by atoms with E-state index in [0.29, 0.717) is 6.42 Å². The molecule has 13 heavy (non-hydrogen) atoms. The van der Waals surface area contributed by atoms with E-state index in [1.54, 1.807) is 7.05 Å². The molecule has 0 aromatic heterocycles. The van der Waals surface area contributed by atoms with Crippen LogP contribution in [-0.4, -0.2) is 25.9 Å². The van der Waals surface area contributed by atoms with Crippen molar-refractivity contribution >= 4 is 0 Å². The lowest BCUT2D eigenvalue weighted by Crippen LogP contribution is -2.42. The number of rotatable bonds is 1. The first-order chi connectivity index (χ1) is 6.04. The molecule has 0 amide bonds. The van der Waals surface area contributed by atoms with Crippen LogP contribution in [0.2, 0.25) is 0 Å². The number of alkyl halides is 3. The topological polar surface area (TPSA) is 24.1 Å². The summed E-state index contributed by atoms with van der Waals surface area (Å²) < 4.78 is 36.9. The lowest BCUT2D eigenvalue weighted by atomic mass is 10.0. The molecule has 2 unspecified atom stereocenters. The monoisotopic (exact) mass is 196 g/mol. The van der Waals surface area contributed by atoms with Crippen molar-refractivity contribution in [3.8, 4) is 0 Å². The average Bonchev–Trinajstić information content (AvgIpc) is 2.26. The zero-order valence-corrected chi connectivity index (χ0v) is 7.62. The molecule has 0 spiro atoms. The van der Waals surface area contributed by atoms with Crippen LogP contribution in [0.4, 0.5) is 13.2 Å². The maximum absolute atomic E-state index is 12.3. The van der Waals surface area contributed by atoms with Crippen LogP contribution >= 0.6 is 0 Å². The zero-order valence-electron chi connectivity index (χ0n) is 7.62. The Kier molecular flexibility index (Phi) is 3.55. The van der Waals surface area contributed by atoms with Gasteiger partial charge in [-0.1, -0.05) is 0 Å². The second-order valence-electron chi connectivity index (χ2n) is 3.42. The van der Waals surface area contributed by atoms with Crippen LogP contribution in [-0.2, 0) is 0 Å². The van der Waals surface area contributed by atoms with E-state index in [9.17, 15) is 13.2 Å². The maximum Gasteiger partial charge on any atom is 0.393 e. The highest BCUT2D eigenvalue weighted by Gasteiger charge is 2.39. The molecule has 1 aliphatic rings. The number of hydrogen-bond donors (Lipinski definition) is 2. The number of hydrogen-bond acceptors (Lipinski definition) is 2. The van der Waals surface area contributed by atoms with Gasteiger partial charge in [0.25, 0.3) is 0 Å². The summed E-state index contributed by atoms with van der Waals surface area (Å²) in [7, 11) is 1.76. The quantitative estimate of drug-likeness (QED) is 0.664. The molecule has 1 saturated heterocycles. The highest BCUT2D eigenvalue weighted by Crippen LogP contribution is 2.31. The summed E-state index contributed by atoms with van der Waals surface area (Å²) in [6.45, 7) is 0.0367. The van der Waals surface area contributed by atoms with E-state index in [2.05, 4.69) is 10.6 Å². The largest absolute Gasteiger partial charge is 0.393 e. The van der Waals surface area contributed by atoms with E-state index in [0.717, 1.165) is 6.42 Å². The van der Waals surface area contributed by atoms with Crippen molar-refractivity contribution in [1.82, 2.24) is 10.6 Å². The Morgan fingerprint density at radius 1 is 1.31 bits per heavy atom. The smallest absolute Gasteiger partial charge is 0.305 e. The normalized spacial score (nSPS) is 31.4. The Morgan fingerprint density at radius 2 is 2.00 bits per heavy atom. The molecule has 0 radical (unpaired) electrons. The molecular formula is C8H15F3N2. The first-order valence-corrected chi connectivity index (χ1v) is 4.51. The van der Waals surface area contributed by atoms with E-state index in [1.807, 2.05) is 0 Å². The molecule has 1 fully saturated rings. The summed E-state index contributed by atoms with van der Waals surface area (Å²) in [6.07, 6.45) is -2.37. The third-order valence-electron chi connectivity index (χ3n) is 2.47. The van der Waals surface area contributed by atoms with Crippen molar-refractivity contribution in [3.05, 3.63) is 0 Å². The van der Waals surface area contributed by atoms with E-state index in [4.69, 9.17) is 0 Å². The van der Waals surface area contributed by atoms with Crippen LogP contribution in [0.15, 0.2) is 0 Å². The first kappa shape index (κ1) is 10.8. The fourth-order valence-corrected chi connectivity index (χ4v) is 1.58. The van der Waals surface area contributed by atoms with Crippen LogP contribution in [0.25, 0.3) is 0 Å². The highest BCUT2D eigenvalue weighted by molar-refractivity contribution is 4.77. The SMILES string of the molecule is CNC1CCCC(C(F)(F)F)CN1. The Labute approximate surface area is 75.9 Å². The van der Waals surface area contributed by atoms with Crippen molar-refractivity contribution in [2.75, 3.05) is 13.6 Å². The molecular weight excluding hydrogens is 181 g/mol. The molecule has 2 atom stereocenters. The summed E-state index contributed by atoms with van der Waals surface area (Å²) in [4.78, 5) is 0. The van der Waals surface area contributed by atoms with Gasteiger partial charge in [-0.25, -0.2) is 0 Å². The van der Waals surface area contributed by atoms with E-state index in [-0.39, 0.29) is 19.1 Å². The van der Waals surface area contributed by atoms with Gasteiger partial charge in [0.15, 0.2) is 0 Å². The third-order valence-corrected chi connectivity index (χ3v) is 2.47. The van der Waals surface area contributed by atoms with Crippen molar-refractivity contribution in [2.45, 2.75) is 31.6 Å². The predicted molar refractivity (Wildman–Crippen MR) is 44.2 cm³/mol. The lowest BCUT2D eigenvalue weighted by molar-refractivity contribution is -0.174. The molecule has 5 heteroatoms. The van der Waals surface area contributed by atoms with E-state index in [1.165, 1.54) is 0 Å². The highest BCUT2D eigenvalue weighted by atomic mass is 19.4. The molecule has 1 aliphatic heterocycles. The van der Waals surface area contributed by atoms with Crippen LogP contribution in [0.3, 0.4) is 0 Å². The van der Waals surface area contributed by atoms with Gasteiger partial charge in [0.05, 0.1) is 12.1 Å². The molecule has 1 heterocycles. The van der Waals surface area contributed by atoms with Crippen molar-refractivity contribution in [3.63, 3.8) is 0 Å². The van der Waals surface area contributed by atoms with E-state index < -0.39 is 12.1 Å². The van der Waals surface area contributed by atoms with Crippen LogP contribution in [0.5, 0.6) is 0 Å². The second kappa shape index (κ2) is 4.28. The van der Waals surface area contributed by atoms with Gasteiger partial charge in [0.1, 0.15) is 0 Å². The fraction of sp³-hybridized carbons (Fsp3) is 1.00. The molecule has 0 aromatic carbocycles. The van der Waals surface area contributed by atoms with Gasteiger partial charge >= 0.3 is 6.18 Å². The molecule has 2 nitrogen and oxygen atoms in total. The average molecular weight is 196 g/mol. The van der Waals surface area contributed by atoms with Gasteiger partial charge < -0.3 is 10.6 Å². The lowest BCUT2D eigenvalue weighted by Gasteiger charge is -2.19. The zero-order chi connectivity index (χ0) is 9.90. The fourth-order valence-electron chi connectivity index (χ4n) is 1.58. The number of halogens is 3. The summed E-state index contributed by atoms with van der Waals surface area (Å²) in [5.74, 6) is -1.18. The van der Waals surface area contributed by atoms with Crippen molar-refractivity contribution in [2.24, 2.45) is 5.92 Å². The van der Waals surface area contributed by atoms with Crippen molar-refractivity contribution < 1.29 is 13.2 Å². The maximum atomic E-state index is 12.3. The molecule has 0 saturated carbocycles. The van der Waals surface area contributed by atoms with Gasteiger partial charge in [0, 0.05) is 6.54 Å². The van der Waals surface area contributed by atoms with Gasteiger partial charge in [0.2, 0.25) is 0 Å². The summed E-state index contributed by atoms with van der Waals surface area (Å²) >= 11 is 0. The Bertz CT molecular complexity index is 158. The Morgan fingerprint density at radius 3 is 2.54 bits per heavy atom. The summed E-state index contributed by atoms with van der Waals surface area (Å²) in [5.41, 5.74) is 0. The predicted octanol–water partition coefficient (Wildman–Crippen LogP) is 1.48.